The number of aromatic nitrogens is 3. The van der Waals surface area contributed by atoms with Gasteiger partial charge in [-0.1, -0.05) is 11.8 Å². The van der Waals surface area contributed by atoms with Crippen LogP contribution in [0.25, 0.3) is 11.4 Å². The highest BCUT2D eigenvalue weighted by atomic mass is 32.2. The molecule has 2 heterocycles. The molecule has 3 aromatic rings. The first kappa shape index (κ1) is 20.4. The maximum absolute atomic E-state index is 12.3. The zero-order valence-electron chi connectivity index (χ0n) is 16.6. The van der Waals surface area contributed by atoms with Gasteiger partial charge in [-0.2, -0.15) is 0 Å². The van der Waals surface area contributed by atoms with E-state index < -0.39 is 0 Å². The van der Waals surface area contributed by atoms with Crippen molar-refractivity contribution in [2.24, 2.45) is 0 Å². The highest BCUT2D eigenvalue weighted by Crippen LogP contribution is 2.33. The number of methoxy groups -OCH3 is 1. The number of thioether (sulfide) groups is 1. The first-order chi connectivity index (χ1) is 13.4. The summed E-state index contributed by atoms with van der Waals surface area (Å²) in [4.78, 5) is 13.6. The van der Waals surface area contributed by atoms with Crippen LogP contribution >= 0.6 is 23.1 Å². The van der Waals surface area contributed by atoms with Gasteiger partial charge in [0.2, 0.25) is 5.91 Å². The van der Waals surface area contributed by atoms with E-state index in [4.69, 9.17) is 4.74 Å². The fourth-order valence-electron chi connectivity index (χ4n) is 2.76. The molecule has 0 aliphatic carbocycles. The summed E-state index contributed by atoms with van der Waals surface area (Å²) in [6, 6.07) is 7.46. The van der Waals surface area contributed by atoms with Gasteiger partial charge in [-0.15, -0.1) is 21.5 Å². The molecule has 0 aliphatic rings. The molecule has 0 saturated heterocycles. The second kappa shape index (κ2) is 8.79. The van der Waals surface area contributed by atoms with Crippen LogP contribution in [-0.4, -0.2) is 33.5 Å². The second-order valence-electron chi connectivity index (χ2n) is 6.67. The summed E-state index contributed by atoms with van der Waals surface area (Å²) < 4.78 is 7.23. The number of anilines is 1. The smallest absolute Gasteiger partial charge is 0.234 e. The molecular weight excluding hydrogens is 392 g/mol. The van der Waals surface area contributed by atoms with Gasteiger partial charge in [0, 0.05) is 27.5 Å². The monoisotopic (exact) mass is 416 g/mol. The molecule has 0 fully saturated rings. The van der Waals surface area contributed by atoms with Crippen LogP contribution in [0.1, 0.15) is 30.3 Å². The van der Waals surface area contributed by atoms with Crippen molar-refractivity contribution in [2.75, 3.05) is 18.2 Å². The van der Waals surface area contributed by atoms with Gasteiger partial charge in [-0.05, 0) is 57.5 Å². The number of carbonyl (C=O) groups excluding carboxylic acids is 1. The van der Waals surface area contributed by atoms with Crippen molar-refractivity contribution < 1.29 is 9.53 Å². The summed E-state index contributed by atoms with van der Waals surface area (Å²) in [5.41, 5.74) is 3.08. The lowest BCUT2D eigenvalue weighted by Crippen LogP contribution is -2.15. The number of hydrogen-bond donors (Lipinski definition) is 1. The largest absolute Gasteiger partial charge is 0.497 e. The van der Waals surface area contributed by atoms with Gasteiger partial charge in [0.05, 0.1) is 12.9 Å². The molecule has 2 aromatic heterocycles. The predicted octanol–water partition coefficient (Wildman–Crippen LogP) is 4.94. The third-order valence-electron chi connectivity index (χ3n) is 4.41. The lowest BCUT2D eigenvalue weighted by molar-refractivity contribution is -0.113. The second-order valence-corrected chi connectivity index (χ2v) is 8.69. The molecule has 3 rings (SSSR count). The Bertz CT molecular complexity index is 961. The minimum atomic E-state index is -0.0856. The third-order valence-corrected chi connectivity index (χ3v) is 6.37. The van der Waals surface area contributed by atoms with Crippen LogP contribution in [0.15, 0.2) is 34.8 Å². The average molecular weight is 417 g/mol. The van der Waals surface area contributed by atoms with Gasteiger partial charge in [0.25, 0.3) is 0 Å². The van der Waals surface area contributed by atoms with Crippen LogP contribution in [0.4, 0.5) is 5.69 Å². The Morgan fingerprint density at radius 2 is 1.96 bits per heavy atom. The van der Waals surface area contributed by atoms with Crippen LogP contribution in [-0.2, 0) is 4.79 Å². The minimum absolute atomic E-state index is 0.0856. The topological polar surface area (TPSA) is 69.0 Å². The number of ether oxygens (including phenoxy) is 1. The van der Waals surface area contributed by atoms with Crippen LogP contribution in [0.2, 0.25) is 0 Å². The van der Waals surface area contributed by atoms with Crippen LogP contribution in [0.5, 0.6) is 5.75 Å². The lowest BCUT2D eigenvalue weighted by Gasteiger charge is -2.13. The van der Waals surface area contributed by atoms with Gasteiger partial charge >= 0.3 is 0 Å². The van der Waals surface area contributed by atoms with E-state index in [2.05, 4.69) is 53.2 Å². The molecular formula is C20H24N4O2S2. The van der Waals surface area contributed by atoms with E-state index >= 15 is 0 Å². The van der Waals surface area contributed by atoms with E-state index in [1.165, 1.54) is 22.2 Å². The Balaban J connectivity index is 1.71. The summed E-state index contributed by atoms with van der Waals surface area (Å²) in [5.74, 6) is 1.79. The van der Waals surface area contributed by atoms with Crippen molar-refractivity contribution in [1.82, 2.24) is 14.8 Å². The Morgan fingerprint density at radius 3 is 2.54 bits per heavy atom. The summed E-state index contributed by atoms with van der Waals surface area (Å²) in [6.07, 6.45) is 0. The molecule has 0 bridgehead atoms. The normalized spacial score (nSPS) is 11.1. The predicted molar refractivity (Wildman–Crippen MR) is 116 cm³/mol. The van der Waals surface area contributed by atoms with Gasteiger partial charge < -0.3 is 10.1 Å². The SMILES string of the molecule is COc1ccc(NC(=O)CSc2nnc(-c3csc(C)c3C)n2C(C)C)cc1. The molecule has 1 aromatic carbocycles. The molecule has 8 heteroatoms. The standard InChI is InChI=1S/C20H24N4O2S2/c1-12(2)24-19(17-10-27-14(4)13(17)3)22-23-20(24)28-11-18(25)21-15-6-8-16(26-5)9-7-15/h6-10,12H,11H2,1-5H3,(H,21,25). The maximum atomic E-state index is 12.3. The number of nitrogens with one attached hydrogen (secondary N) is 1. The number of hydrogen-bond acceptors (Lipinski definition) is 6. The first-order valence-electron chi connectivity index (χ1n) is 8.97. The number of carbonyl (C=O) groups is 1. The summed E-state index contributed by atoms with van der Waals surface area (Å²) in [6.45, 7) is 8.42. The first-order valence-corrected chi connectivity index (χ1v) is 10.8. The number of amides is 1. The molecule has 0 atom stereocenters. The number of thiophene rings is 1. The number of benzene rings is 1. The lowest BCUT2D eigenvalue weighted by atomic mass is 10.1. The highest BCUT2D eigenvalue weighted by molar-refractivity contribution is 7.99. The summed E-state index contributed by atoms with van der Waals surface area (Å²) in [7, 11) is 1.61. The van der Waals surface area contributed by atoms with Gasteiger partial charge in [-0.3, -0.25) is 9.36 Å². The van der Waals surface area contributed by atoms with Crippen LogP contribution in [0.3, 0.4) is 0 Å². The van der Waals surface area contributed by atoms with Crippen molar-refractivity contribution in [2.45, 2.75) is 38.9 Å². The Hall–Kier alpha value is -2.32. The Labute approximate surface area is 173 Å². The van der Waals surface area contributed by atoms with Crippen molar-refractivity contribution in [1.29, 1.82) is 0 Å². The van der Waals surface area contributed by atoms with Crippen LogP contribution < -0.4 is 10.1 Å². The molecule has 1 N–H and O–H groups in total. The molecule has 6 nitrogen and oxygen atoms in total. The zero-order valence-corrected chi connectivity index (χ0v) is 18.3. The number of nitrogens with zero attached hydrogens (tertiary/aromatic N) is 3. The van der Waals surface area contributed by atoms with E-state index in [1.807, 2.05) is 24.3 Å². The molecule has 1 amide bonds. The molecule has 0 spiro atoms. The highest BCUT2D eigenvalue weighted by Gasteiger charge is 2.20. The number of rotatable bonds is 7. The van der Waals surface area contributed by atoms with Crippen LogP contribution in [0, 0.1) is 13.8 Å². The summed E-state index contributed by atoms with van der Waals surface area (Å²) >= 11 is 3.11. The quantitative estimate of drug-likeness (QED) is 0.552. The van der Waals surface area contributed by atoms with Gasteiger partial charge in [-0.25, -0.2) is 0 Å². The zero-order chi connectivity index (χ0) is 20.3. The van der Waals surface area contributed by atoms with Crippen molar-refractivity contribution >= 4 is 34.7 Å². The Morgan fingerprint density at radius 1 is 1.25 bits per heavy atom. The number of aryl methyl sites for hydroxylation is 1. The van der Waals surface area contributed by atoms with E-state index in [1.54, 1.807) is 18.4 Å². The maximum Gasteiger partial charge on any atom is 0.234 e. The average Bonchev–Trinajstić information content (AvgIpc) is 3.24. The fraction of sp³-hybridized carbons (Fsp3) is 0.350. The van der Waals surface area contributed by atoms with E-state index in [9.17, 15) is 4.79 Å². The van der Waals surface area contributed by atoms with Gasteiger partial charge in [0.15, 0.2) is 11.0 Å². The van der Waals surface area contributed by atoms with Crippen molar-refractivity contribution in [3.05, 3.63) is 40.1 Å². The van der Waals surface area contributed by atoms with E-state index in [0.717, 1.165) is 28.0 Å². The molecule has 148 valence electrons. The van der Waals surface area contributed by atoms with E-state index in [0.29, 0.717) is 0 Å². The summed E-state index contributed by atoms with van der Waals surface area (Å²) in [5, 5.41) is 14.5. The molecule has 0 saturated carbocycles. The van der Waals surface area contributed by atoms with Crippen molar-refractivity contribution in [3.8, 4) is 17.1 Å². The molecule has 28 heavy (non-hydrogen) atoms. The molecule has 0 unspecified atom stereocenters. The fourth-order valence-corrected chi connectivity index (χ4v) is 4.49. The molecule has 0 aliphatic heterocycles. The molecule has 0 radical (unpaired) electrons. The minimum Gasteiger partial charge on any atom is -0.497 e. The van der Waals surface area contributed by atoms with E-state index in [-0.39, 0.29) is 17.7 Å². The van der Waals surface area contributed by atoms with Gasteiger partial charge in [0.1, 0.15) is 5.75 Å². The third kappa shape index (κ3) is 4.39. The van der Waals surface area contributed by atoms with Crippen molar-refractivity contribution in [3.63, 3.8) is 0 Å². The Kier molecular flexibility index (Phi) is 6.41.